The zero-order valence-corrected chi connectivity index (χ0v) is 16.1. The predicted molar refractivity (Wildman–Crippen MR) is 102 cm³/mol. The second-order valence-electron chi connectivity index (χ2n) is 5.78. The molecule has 0 aliphatic rings. The van der Waals surface area contributed by atoms with Crippen LogP contribution in [0.25, 0.3) is 0 Å². The second kappa shape index (κ2) is 8.72. The number of likely N-dealkylation sites (N-methyl/N-ethyl adjacent to an activating group) is 1. The number of aromatic nitrogens is 1. The van der Waals surface area contributed by atoms with Crippen LogP contribution in [0.3, 0.4) is 0 Å². The molecule has 0 fully saturated rings. The summed E-state index contributed by atoms with van der Waals surface area (Å²) >= 11 is 0. The highest BCUT2D eigenvalue weighted by Gasteiger charge is 2.17. The van der Waals surface area contributed by atoms with Crippen LogP contribution >= 0.6 is 0 Å². The third-order valence-electron chi connectivity index (χ3n) is 3.55. The van der Waals surface area contributed by atoms with E-state index in [9.17, 15) is 8.42 Å². The molecule has 0 radical (unpaired) electrons. The first-order valence-corrected chi connectivity index (χ1v) is 9.43. The lowest BCUT2D eigenvalue weighted by Gasteiger charge is -2.13. The average Bonchev–Trinajstić information content (AvgIpc) is 2.62. The van der Waals surface area contributed by atoms with Crippen LogP contribution in [0.15, 0.2) is 41.4 Å². The summed E-state index contributed by atoms with van der Waals surface area (Å²) in [5.74, 6) is 1.48. The summed E-state index contributed by atoms with van der Waals surface area (Å²) in [7, 11) is 3.15. The van der Waals surface area contributed by atoms with Gasteiger partial charge in [0.05, 0.1) is 31.0 Å². The number of hydrogen-bond acceptors (Lipinski definition) is 7. The number of benzene rings is 1. The van der Waals surface area contributed by atoms with Gasteiger partial charge in [-0.1, -0.05) is 0 Å². The third kappa shape index (κ3) is 5.24. The monoisotopic (exact) mass is 380 g/mol. The van der Waals surface area contributed by atoms with E-state index in [1.807, 2.05) is 14.1 Å². The number of nitrogens with zero attached hydrogens (tertiary/aromatic N) is 2. The summed E-state index contributed by atoms with van der Waals surface area (Å²) in [6.45, 7) is 1.62. The van der Waals surface area contributed by atoms with E-state index in [-0.39, 0.29) is 4.90 Å². The first kappa shape index (κ1) is 19.8. The van der Waals surface area contributed by atoms with Gasteiger partial charge in [0.25, 0.3) is 10.0 Å². The van der Waals surface area contributed by atoms with E-state index < -0.39 is 10.0 Å². The molecule has 0 aliphatic heterocycles. The Morgan fingerprint density at radius 3 is 2.38 bits per heavy atom. The van der Waals surface area contributed by atoms with Gasteiger partial charge < -0.3 is 19.7 Å². The summed E-state index contributed by atoms with van der Waals surface area (Å²) in [6.07, 6.45) is 1.47. The lowest BCUT2D eigenvalue weighted by Crippen LogP contribution is -2.21. The molecule has 0 saturated heterocycles. The van der Waals surface area contributed by atoms with Crippen molar-refractivity contribution in [1.29, 1.82) is 0 Å². The Morgan fingerprint density at radius 2 is 1.81 bits per heavy atom. The molecule has 0 unspecified atom stereocenters. The van der Waals surface area contributed by atoms with Crippen LogP contribution in [0, 0.1) is 0 Å². The Kier molecular flexibility index (Phi) is 6.64. The minimum Gasteiger partial charge on any atom is -0.493 e. The fourth-order valence-electron chi connectivity index (χ4n) is 2.16. The molecule has 0 atom stereocenters. The Morgan fingerprint density at radius 1 is 1.08 bits per heavy atom. The van der Waals surface area contributed by atoms with E-state index in [0.717, 1.165) is 13.1 Å². The van der Waals surface area contributed by atoms with E-state index in [2.05, 4.69) is 19.9 Å². The lowest BCUT2D eigenvalue weighted by atomic mass is 10.3. The zero-order valence-electron chi connectivity index (χ0n) is 15.3. The van der Waals surface area contributed by atoms with Gasteiger partial charge in [-0.25, -0.2) is 13.4 Å². The smallest absolute Gasteiger partial charge is 0.262 e. The zero-order chi connectivity index (χ0) is 19.2. The summed E-state index contributed by atoms with van der Waals surface area (Å²) in [4.78, 5) is 6.34. The maximum atomic E-state index is 12.5. The van der Waals surface area contributed by atoms with E-state index in [1.165, 1.54) is 32.5 Å². The SMILES string of the molecule is COc1ccc(S(=O)(=O)Nc2ccc(NCCN(C)C)nc2)cc1OC. The molecule has 1 aromatic heterocycles. The Bertz CT molecular complexity index is 823. The lowest BCUT2D eigenvalue weighted by molar-refractivity contribution is 0.354. The summed E-state index contributed by atoms with van der Waals surface area (Å²) in [5, 5.41) is 3.17. The Labute approximate surface area is 154 Å². The fraction of sp³-hybridized carbons (Fsp3) is 0.353. The van der Waals surface area contributed by atoms with Crippen molar-refractivity contribution in [3.05, 3.63) is 36.5 Å². The molecule has 1 heterocycles. The number of hydrogen-bond donors (Lipinski definition) is 2. The molecular formula is C17H24N4O4S. The maximum Gasteiger partial charge on any atom is 0.262 e. The highest BCUT2D eigenvalue weighted by molar-refractivity contribution is 7.92. The predicted octanol–water partition coefficient (Wildman–Crippen LogP) is 1.87. The van der Waals surface area contributed by atoms with Gasteiger partial charge in [-0.2, -0.15) is 0 Å². The first-order chi connectivity index (χ1) is 12.4. The standard InChI is InChI=1S/C17H24N4O4S/c1-21(2)10-9-18-17-8-5-13(12-19-17)20-26(22,23)14-6-7-15(24-3)16(11-14)25-4/h5-8,11-12,20H,9-10H2,1-4H3,(H,18,19). The van der Waals surface area contributed by atoms with Crippen molar-refractivity contribution in [2.24, 2.45) is 0 Å². The molecule has 0 bridgehead atoms. The van der Waals surface area contributed by atoms with Gasteiger partial charge in [-0.3, -0.25) is 4.72 Å². The molecule has 26 heavy (non-hydrogen) atoms. The molecule has 2 aromatic rings. The van der Waals surface area contributed by atoms with Gasteiger partial charge in [0.1, 0.15) is 5.82 Å². The normalized spacial score (nSPS) is 11.3. The van der Waals surface area contributed by atoms with E-state index in [0.29, 0.717) is 23.0 Å². The quantitative estimate of drug-likeness (QED) is 0.686. The molecule has 8 nitrogen and oxygen atoms in total. The molecule has 2 N–H and O–H groups in total. The van der Waals surface area contributed by atoms with Crippen LogP contribution in [0.1, 0.15) is 0 Å². The van der Waals surface area contributed by atoms with E-state index in [1.54, 1.807) is 18.2 Å². The van der Waals surface area contributed by atoms with Crippen molar-refractivity contribution < 1.29 is 17.9 Å². The van der Waals surface area contributed by atoms with Crippen LogP contribution < -0.4 is 19.5 Å². The minimum atomic E-state index is -3.76. The maximum absolute atomic E-state index is 12.5. The van der Waals surface area contributed by atoms with Gasteiger partial charge in [0.15, 0.2) is 11.5 Å². The number of rotatable bonds is 9. The summed E-state index contributed by atoms with van der Waals surface area (Å²) < 4.78 is 37.9. The Hall–Kier alpha value is -2.52. The highest BCUT2D eigenvalue weighted by atomic mass is 32.2. The molecule has 142 valence electrons. The van der Waals surface area contributed by atoms with Crippen molar-refractivity contribution >= 4 is 21.5 Å². The van der Waals surface area contributed by atoms with Crippen molar-refractivity contribution in [1.82, 2.24) is 9.88 Å². The molecule has 0 amide bonds. The Balaban J connectivity index is 2.09. The van der Waals surface area contributed by atoms with Crippen LogP contribution in [0.2, 0.25) is 0 Å². The van der Waals surface area contributed by atoms with E-state index in [4.69, 9.17) is 9.47 Å². The largest absolute Gasteiger partial charge is 0.493 e. The molecule has 9 heteroatoms. The molecule has 0 saturated carbocycles. The van der Waals surface area contributed by atoms with Gasteiger partial charge >= 0.3 is 0 Å². The number of nitrogens with one attached hydrogen (secondary N) is 2. The summed E-state index contributed by atoms with van der Waals surface area (Å²) in [6, 6.07) is 7.79. The van der Waals surface area contributed by atoms with Crippen molar-refractivity contribution in [3.8, 4) is 11.5 Å². The van der Waals surface area contributed by atoms with Crippen LogP contribution in [0.5, 0.6) is 11.5 Å². The second-order valence-corrected chi connectivity index (χ2v) is 7.47. The first-order valence-electron chi connectivity index (χ1n) is 7.95. The number of ether oxygens (including phenoxy) is 2. The minimum absolute atomic E-state index is 0.0725. The number of anilines is 2. The number of pyridine rings is 1. The van der Waals surface area contributed by atoms with Crippen LogP contribution in [-0.2, 0) is 10.0 Å². The third-order valence-corrected chi connectivity index (χ3v) is 4.93. The van der Waals surface area contributed by atoms with Gasteiger partial charge in [0, 0.05) is 19.2 Å². The topological polar surface area (TPSA) is 92.8 Å². The number of sulfonamides is 1. The van der Waals surface area contributed by atoms with Crippen molar-refractivity contribution in [2.45, 2.75) is 4.90 Å². The molecule has 0 aliphatic carbocycles. The molecule has 0 spiro atoms. The van der Waals surface area contributed by atoms with E-state index >= 15 is 0 Å². The number of methoxy groups -OCH3 is 2. The highest BCUT2D eigenvalue weighted by Crippen LogP contribution is 2.30. The average molecular weight is 380 g/mol. The van der Waals surface area contributed by atoms with Crippen LogP contribution in [0.4, 0.5) is 11.5 Å². The van der Waals surface area contributed by atoms with Crippen molar-refractivity contribution in [3.63, 3.8) is 0 Å². The van der Waals surface area contributed by atoms with Gasteiger partial charge in [-0.15, -0.1) is 0 Å². The summed E-state index contributed by atoms with van der Waals surface area (Å²) in [5.41, 5.74) is 0.373. The fourth-order valence-corrected chi connectivity index (χ4v) is 3.22. The van der Waals surface area contributed by atoms with Gasteiger partial charge in [0.2, 0.25) is 0 Å². The molecular weight excluding hydrogens is 356 g/mol. The van der Waals surface area contributed by atoms with Crippen LogP contribution in [-0.4, -0.2) is 59.7 Å². The molecule has 1 aromatic carbocycles. The molecule has 2 rings (SSSR count). The van der Waals surface area contributed by atoms with Crippen molar-refractivity contribution in [2.75, 3.05) is 51.4 Å². The van der Waals surface area contributed by atoms with Gasteiger partial charge in [-0.05, 0) is 38.4 Å².